The van der Waals surface area contributed by atoms with E-state index in [9.17, 15) is 6.94 Å². The van der Waals surface area contributed by atoms with Gasteiger partial charge in [0, 0.05) is 0 Å². The monoisotopic (exact) mass is 260 g/mol. The van der Waals surface area contributed by atoms with Crippen LogP contribution in [0.15, 0.2) is 0 Å². The zero-order chi connectivity index (χ0) is 4.12. The van der Waals surface area contributed by atoms with Crippen molar-refractivity contribution in [1.29, 1.82) is 0 Å². The Morgan fingerprint density at radius 1 is 1.20 bits per heavy atom. The molecule has 0 aromatic heterocycles. The van der Waals surface area contributed by atoms with E-state index in [4.69, 9.17) is 0 Å². The van der Waals surface area contributed by atoms with Gasteiger partial charge in [-0.05, 0) is 0 Å². The van der Waals surface area contributed by atoms with Gasteiger partial charge in [0.25, 0.3) is 0 Å². The summed E-state index contributed by atoms with van der Waals surface area (Å²) in [5.74, 6) is 0. The molecule has 0 spiro atoms. The molecule has 0 radical (unpaired) electrons. The molecule has 0 N–H and O–H groups in total. The molecule has 0 unspecified atom stereocenters. The average Bonchev–Trinajstić information content (AvgIpc) is 1.41. The minimum atomic E-state index is -1.03. The third-order valence-corrected chi connectivity index (χ3v) is 1.17. The number of rotatable bonds is 2. The van der Waals surface area contributed by atoms with Crippen molar-refractivity contribution in [2.24, 2.45) is 0 Å². The quantitative estimate of drug-likeness (QED) is 0.640. The molecule has 0 aromatic rings. The van der Waals surface area contributed by atoms with E-state index < -0.39 is 36.6 Å². The Balaban J connectivity index is 2.65. The summed E-state index contributed by atoms with van der Waals surface area (Å²) in [5.41, 5.74) is 0. The summed E-state index contributed by atoms with van der Waals surface area (Å²) < 4.78 is 22.2. The maximum atomic E-state index is 9.17. The van der Waals surface area contributed by atoms with Crippen LogP contribution in [0.1, 0.15) is 0 Å². The van der Waals surface area contributed by atoms with Crippen molar-refractivity contribution in [2.45, 2.75) is 0 Å². The predicted octanol–water partition coefficient (Wildman–Crippen LogP) is -0.311. The van der Waals surface area contributed by atoms with Crippen LogP contribution in [0, 0.1) is 0 Å². The van der Waals surface area contributed by atoms with Crippen molar-refractivity contribution in [3.63, 3.8) is 0 Å². The van der Waals surface area contributed by atoms with Crippen LogP contribution >= 0.6 is 0 Å². The molecule has 0 bridgehead atoms. The van der Waals surface area contributed by atoms with Gasteiger partial charge in [-0.1, -0.05) is 0 Å². The Bertz CT molecular complexity index is 34.2. The molecular weight excluding hydrogens is 261 g/mol. The molecule has 5 heteroatoms. The second-order valence-electron chi connectivity index (χ2n) is 0.146. The predicted molar refractivity (Wildman–Crippen MR) is 2.46 cm³/mol. The molecule has 0 amide bonds. The van der Waals surface area contributed by atoms with Gasteiger partial charge in [0.05, 0.1) is 0 Å². The van der Waals surface area contributed by atoms with Crippen LogP contribution in [0.25, 0.3) is 0 Å². The topological polar surface area (TPSA) is 43.4 Å². The first kappa shape index (κ1) is 5.88. The van der Waals surface area contributed by atoms with Gasteiger partial charge in [-0.25, -0.2) is 0 Å². The van der Waals surface area contributed by atoms with E-state index in [-0.39, 0.29) is 0 Å². The van der Waals surface area contributed by atoms with E-state index in [0.717, 1.165) is 0 Å². The van der Waals surface area contributed by atoms with Crippen LogP contribution in [0.3, 0.4) is 0 Å². The van der Waals surface area contributed by atoms with Crippen molar-refractivity contribution in [1.82, 2.24) is 0 Å². The molecule has 0 aliphatic rings. The summed E-state index contributed by atoms with van der Waals surface area (Å²) in [7, 11) is 0. The number of hydrogen-bond donors (Lipinski definition) is 0. The second-order valence-corrected chi connectivity index (χ2v) is 2.05. The second kappa shape index (κ2) is 4.88. The summed E-state index contributed by atoms with van der Waals surface area (Å²) in [5, 5.41) is 0. The molecule has 0 saturated heterocycles. The van der Waals surface area contributed by atoms with Gasteiger partial charge in [-0.15, -0.1) is 0 Å². The van der Waals surface area contributed by atoms with E-state index in [0.29, 0.717) is 0 Å². The molecule has 0 aliphatic carbocycles. The summed E-state index contributed by atoms with van der Waals surface area (Å²) in [6.07, 6.45) is 0. The Morgan fingerprint density at radius 3 is 1.60 bits per heavy atom. The van der Waals surface area contributed by atoms with Crippen molar-refractivity contribution in [3.8, 4) is 0 Å². The van der Waals surface area contributed by atoms with Gasteiger partial charge in [0.15, 0.2) is 0 Å². The third-order valence-electron chi connectivity index (χ3n) is 0.0333. The van der Waals surface area contributed by atoms with Crippen LogP contribution < -0.4 is 0 Å². The van der Waals surface area contributed by atoms with Crippen LogP contribution in [-0.2, 0) is 45.7 Å². The molecule has 3 nitrogen and oxygen atoms in total. The fourth-order valence-electron chi connectivity index (χ4n) is 0.00680. The maximum absolute atomic E-state index is 9.17. The van der Waals surface area contributed by atoms with E-state index in [1.54, 1.807) is 0 Å². The van der Waals surface area contributed by atoms with E-state index in [1.165, 1.54) is 0 Å². The first-order chi connectivity index (χ1) is 2.41. The van der Waals surface area contributed by atoms with Crippen molar-refractivity contribution in [3.05, 3.63) is 0 Å². The van der Waals surface area contributed by atoms with Gasteiger partial charge < -0.3 is 0 Å². The zero-order valence-electron chi connectivity index (χ0n) is 1.86. The van der Waals surface area contributed by atoms with Crippen LogP contribution in [0.2, 0.25) is 0 Å². The molecule has 0 saturated carbocycles. The van der Waals surface area contributed by atoms with Crippen LogP contribution in [-0.4, -0.2) is 0 Å². The fourth-order valence-corrected chi connectivity index (χ4v) is 0.238. The summed E-state index contributed by atoms with van der Waals surface area (Å²) in [4.78, 5) is 0. The zero-order valence-corrected chi connectivity index (χ0v) is 4.97. The van der Waals surface area contributed by atoms with E-state index in [2.05, 4.69) is 2.18 Å². The molecule has 0 rings (SSSR count). The Morgan fingerprint density at radius 2 is 1.60 bits per heavy atom. The SMILES string of the molecule is [O]=[Pd][O][Pd]=[O]. The molecule has 0 aromatic carbocycles. The van der Waals surface area contributed by atoms with Crippen molar-refractivity contribution < 1.29 is 45.7 Å². The molecule has 38 valence electrons. The first-order valence-corrected chi connectivity index (χ1v) is 3.06. The third kappa shape index (κ3) is 4.88. The molecule has 0 heterocycles. The molecular formula is O3Pd2. The summed E-state index contributed by atoms with van der Waals surface area (Å²) >= 11 is -2.06. The normalized spacial score (nSPS) is 9.60. The Labute approximate surface area is 45.8 Å². The molecule has 0 atom stereocenters. The minimum absolute atomic E-state index is 1.03. The molecule has 0 aliphatic heterocycles. The number of hydrogen-bond acceptors (Lipinski definition) is 3. The fraction of sp³-hybridized carbons (Fsp3) is 0. The van der Waals surface area contributed by atoms with Crippen molar-refractivity contribution in [2.75, 3.05) is 0 Å². The average molecular weight is 261 g/mol. The Kier molecular flexibility index (Phi) is 5.75. The van der Waals surface area contributed by atoms with Gasteiger partial charge >= 0.3 is 45.7 Å². The first-order valence-electron chi connectivity index (χ1n) is 0.516. The standard InChI is InChI=1S/3O.2Pd. The van der Waals surface area contributed by atoms with Crippen LogP contribution in [0.4, 0.5) is 0 Å². The van der Waals surface area contributed by atoms with Crippen molar-refractivity contribution >= 4 is 0 Å². The van der Waals surface area contributed by atoms with Gasteiger partial charge in [-0.3, -0.25) is 0 Å². The summed E-state index contributed by atoms with van der Waals surface area (Å²) in [6, 6.07) is 0. The molecule has 0 fully saturated rings. The Hall–Kier alpha value is 0.885. The van der Waals surface area contributed by atoms with E-state index >= 15 is 0 Å². The summed E-state index contributed by atoms with van der Waals surface area (Å²) in [6.45, 7) is 0. The van der Waals surface area contributed by atoms with E-state index in [1.807, 2.05) is 0 Å². The van der Waals surface area contributed by atoms with Gasteiger partial charge in [-0.2, -0.15) is 0 Å². The van der Waals surface area contributed by atoms with Gasteiger partial charge in [0.1, 0.15) is 0 Å². The molecule has 5 heavy (non-hydrogen) atoms. The van der Waals surface area contributed by atoms with Gasteiger partial charge in [0.2, 0.25) is 0 Å². The van der Waals surface area contributed by atoms with Crippen LogP contribution in [0.5, 0.6) is 0 Å².